The van der Waals surface area contributed by atoms with Crippen LogP contribution >= 0.6 is 11.8 Å². The van der Waals surface area contributed by atoms with Gasteiger partial charge in [-0.05, 0) is 39.1 Å². The van der Waals surface area contributed by atoms with Gasteiger partial charge in [-0.3, -0.25) is 4.79 Å². The molecule has 1 aliphatic rings. The van der Waals surface area contributed by atoms with Crippen molar-refractivity contribution in [1.82, 2.24) is 5.32 Å². The van der Waals surface area contributed by atoms with Crippen LogP contribution in [0.25, 0.3) is 0 Å². The van der Waals surface area contributed by atoms with Crippen molar-refractivity contribution in [3.63, 3.8) is 0 Å². The Labute approximate surface area is 112 Å². The molecule has 2 rings (SSSR count). The molecule has 0 spiro atoms. The molecule has 98 valence electrons. The summed E-state index contributed by atoms with van der Waals surface area (Å²) in [4.78, 5) is 15.2. The highest BCUT2D eigenvalue weighted by Gasteiger charge is 2.35. The van der Waals surface area contributed by atoms with Crippen LogP contribution in [0.1, 0.15) is 13.8 Å². The maximum absolute atomic E-state index is 12.2. The van der Waals surface area contributed by atoms with E-state index in [0.29, 0.717) is 11.4 Å². The lowest BCUT2D eigenvalue weighted by Gasteiger charge is -2.41. The van der Waals surface area contributed by atoms with Gasteiger partial charge in [0.05, 0.1) is 17.0 Å². The van der Waals surface area contributed by atoms with E-state index >= 15 is 0 Å². The second kappa shape index (κ2) is 4.82. The molecule has 0 atom stereocenters. The Morgan fingerprint density at radius 1 is 1.50 bits per heavy atom. The smallest absolute Gasteiger partial charge is 0.237 e. The molecule has 3 N–H and O–H groups in total. The minimum absolute atomic E-state index is 0.137. The van der Waals surface area contributed by atoms with Crippen LogP contribution in [0.4, 0.5) is 11.4 Å². The van der Waals surface area contributed by atoms with Gasteiger partial charge in [0.2, 0.25) is 5.91 Å². The van der Waals surface area contributed by atoms with Gasteiger partial charge in [0.1, 0.15) is 0 Å². The number of benzene rings is 1. The fourth-order valence-corrected chi connectivity index (χ4v) is 3.22. The zero-order valence-corrected chi connectivity index (χ0v) is 11.8. The molecule has 18 heavy (non-hydrogen) atoms. The van der Waals surface area contributed by atoms with Crippen LogP contribution in [0.2, 0.25) is 0 Å². The van der Waals surface area contributed by atoms with E-state index < -0.39 is 0 Å². The molecular formula is C13H19N3OS. The lowest BCUT2D eigenvalue weighted by atomic mass is 10.0. The Bertz CT molecular complexity index is 473. The summed E-state index contributed by atoms with van der Waals surface area (Å²) in [7, 11) is 1.89. The van der Waals surface area contributed by atoms with Gasteiger partial charge in [-0.1, -0.05) is 0 Å². The molecule has 5 heteroatoms. The van der Waals surface area contributed by atoms with Crippen LogP contribution in [-0.4, -0.2) is 30.8 Å². The average Bonchev–Trinajstić information content (AvgIpc) is 2.27. The molecule has 0 fully saturated rings. The molecule has 4 nitrogen and oxygen atoms in total. The zero-order valence-electron chi connectivity index (χ0n) is 11.0. The number of carbonyl (C=O) groups is 1. The highest BCUT2D eigenvalue weighted by molar-refractivity contribution is 8.00. The van der Waals surface area contributed by atoms with E-state index in [1.165, 1.54) is 0 Å². The van der Waals surface area contributed by atoms with E-state index in [-0.39, 0.29) is 11.4 Å². The van der Waals surface area contributed by atoms with Gasteiger partial charge in [0, 0.05) is 17.1 Å². The van der Waals surface area contributed by atoms with Crippen LogP contribution in [0, 0.1) is 0 Å². The number of nitrogens with zero attached hydrogens (tertiary/aromatic N) is 1. The second-order valence-electron chi connectivity index (χ2n) is 5.09. The highest BCUT2D eigenvalue weighted by atomic mass is 32.2. The topological polar surface area (TPSA) is 58.4 Å². The molecule has 0 aliphatic carbocycles. The third kappa shape index (κ3) is 2.33. The monoisotopic (exact) mass is 265 g/mol. The molecule has 1 amide bonds. The number of hydrogen-bond acceptors (Lipinski definition) is 4. The maximum atomic E-state index is 12.2. The van der Waals surface area contributed by atoms with E-state index in [1.807, 2.05) is 30.1 Å². The number of hydrogen-bond donors (Lipinski definition) is 2. The maximum Gasteiger partial charge on any atom is 0.237 e. The van der Waals surface area contributed by atoms with Crippen LogP contribution in [-0.2, 0) is 4.79 Å². The first-order valence-corrected chi connectivity index (χ1v) is 6.94. The van der Waals surface area contributed by atoms with Gasteiger partial charge in [-0.2, -0.15) is 0 Å². The standard InChI is InChI=1S/C13H19N3OS/c1-13(2,8-15-3)16-10-6-9(14)4-5-11(10)18-7-12(16)17/h4-6,15H,7-8,14H2,1-3H3. The van der Waals surface area contributed by atoms with Crippen molar-refractivity contribution in [1.29, 1.82) is 0 Å². The van der Waals surface area contributed by atoms with Gasteiger partial charge in [-0.25, -0.2) is 0 Å². The fraction of sp³-hybridized carbons (Fsp3) is 0.462. The first-order chi connectivity index (χ1) is 8.45. The predicted octanol–water partition coefficient (Wildman–Crippen LogP) is 1.71. The number of nitrogens with two attached hydrogens (primary N) is 1. The van der Waals surface area contributed by atoms with Gasteiger partial charge >= 0.3 is 0 Å². The van der Waals surface area contributed by atoms with Crippen molar-refractivity contribution in [3.8, 4) is 0 Å². The molecule has 1 aromatic rings. The predicted molar refractivity (Wildman–Crippen MR) is 77.1 cm³/mol. The Morgan fingerprint density at radius 3 is 2.89 bits per heavy atom. The minimum atomic E-state index is -0.268. The Hall–Kier alpha value is -1.20. The number of rotatable bonds is 3. The number of fused-ring (bicyclic) bond motifs is 1. The van der Waals surface area contributed by atoms with Crippen LogP contribution in [0.5, 0.6) is 0 Å². The van der Waals surface area contributed by atoms with E-state index in [9.17, 15) is 4.79 Å². The lowest BCUT2D eigenvalue weighted by Crippen LogP contribution is -2.55. The molecular weight excluding hydrogens is 246 g/mol. The van der Waals surface area contributed by atoms with Crippen molar-refractivity contribution < 1.29 is 4.79 Å². The highest BCUT2D eigenvalue weighted by Crippen LogP contribution is 2.39. The summed E-state index contributed by atoms with van der Waals surface area (Å²) < 4.78 is 0. The minimum Gasteiger partial charge on any atom is -0.399 e. The summed E-state index contributed by atoms with van der Waals surface area (Å²) in [6, 6.07) is 5.76. The summed E-state index contributed by atoms with van der Waals surface area (Å²) in [5.41, 5.74) is 7.19. The SMILES string of the molecule is CNCC(C)(C)N1C(=O)CSc2ccc(N)cc21. The molecule has 0 saturated carbocycles. The molecule has 0 aromatic heterocycles. The van der Waals surface area contributed by atoms with Crippen LogP contribution < -0.4 is 16.0 Å². The van der Waals surface area contributed by atoms with Crippen molar-refractivity contribution >= 4 is 29.0 Å². The van der Waals surface area contributed by atoms with E-state index in [4.69, 9.17) is 5.73 Å². The number of amides is 1. The van der Waals surface area contributed by atoms with E-state index in [2.05, 4.69) is 19.2 Å². The zero-order chi connectivity index (χ0) is 13.3. The molecule has 0 unspecified atom stereocenters. The summed E-state index contributed by atoms with van der Waals surface area (Å²) in [5, 5.41) is 3.14. The largest absolute Gasteiger partial charge is 0.399 e. The molecule has 0 bridgehead atoms. The number of nitrogens with one attached hydrogen (secondary N) is 1. The molecule has 1 aliphatic heterocycles. The van der Waals surface area contributed by atoms with E-state index in [1.54, 1.807) is 11.8 Å². The van der Waals surface area contributed by atoms with Crippen LogP contribution in [0.3, 0.4) is 0 Å². The van der Waals surface area contributed by atoms with Gasteiger partial charge < -0.3 is 16.0 Å². The third-order valence-corrected chi connectivity index (χ3v) is 4.09. The molecule has 0 saturated heterocycles. The number of likely N-dealkylation sites (N-methyl/N-ethyl adjacent to an activating group) is 1. The Balaban J connectivity index is 2.47. The van der Waals surface area contributed by atoms with E-state index in [0.717, 1.165) is 17.1 Å². The Morgan fingerprint density at radius 2 is 2.22 bits per heavy atom. The molecule has 0 radical (unpaired) electrons. The number of nitrogen functional groups attached to an aromatic ring is 1. The summed E-state index contributed by atoms with van der Waals surface area (Å²) >= 11 is 1.58. The van der Waals surface area contributed by atoms with Crippen molar-refractivity contribution in [3.05, 3.63) is 18.2 Å². The first kappa shape index (κ1) is 13.2. The summed E-state index contributed by atoms with van der Waals surface area (Å²) in [5.74, 6) is 0.628. The fourth-order valence-electron chi connectivity index (χ4n) is 2.34. The van der Waals surface area contributed by atoms with Crippen LogP contribution in [0.15, 0.2) is 23.1 Å². The summed E-state index contributed by atoms with van der Waals surface area (Å²) in [6.45, 7) is 4.85. The van der Waals surface area contributed by atoms with Gasteiger partial charge in [0.25, 0.3) is 0 Å². The normalized spacial score (nSPS) is 15.7. The average molecular weight is 265 g/mol. The number of anilines is 2. The van der Waals surface area contributed by atoms with Gasteiger partial charge in [-0.15, -0.1) is 11.8 Å². The summed E-state index contributed by atoms with van der Waals surface area (Å²) in [6.07, 6.45) is 0. The molecule has 1 heterocycles. The van der Waals surface area contributed by atoms with Gasteiger partial charge in [0.15, 0.2) is 0 Å². The van der Waals surface area contributed by atoms with Crippen molar-refractivity contribution in [2.45, 2.75) is 24.3 Å². The Kier molecular flexibility index (Phi) is 3.54. The first-order valence-electron chi connectivity index (χ1n) is 5.96. The number of thioether (sulfide) groups is 1. The van der Waals surface area contributed by atoms with Crippen molar-refractivity contribution in [2.75, 3.05) is 30.0 Å². The second-order valence-corrected chi connectivity index (χ2v) is 6.10. The third-order valence-electron chi connectivity index (χ3n) is 3.04. The van der Waals surface area contributed by atoms with Crippen molar-refractivity contribution in [2.24, 2.45) is 0 Å². The lowest BCUT2D eigenvalue weighted by molar-refractivity contribution is -0.117. The quantitative estimate of drug-likeness (QED) is 0.817. The number of carbonyl (C=O) groups excluding carboxylic acids is 1. The molecule has 1 aromatic carbocycles.